The molecule has 4 nitrogen and oxygen atoms in total. The smallest absolute Gasteiger partial charge is 0.119 e. The van der Waals surface area contributed by atoms with Crippen LogP contribution in [0.5, 0.6) is 5.75 Å². The number of hydrogen-bond acceptors (Lipinski definition) is 4. The molecule has 2 N–H and O–H groups in total. The van der Waals surface area contributed by atoms with Gasteiger partial charge >= 0.3 is 0 Å². The van der Waals surface area contributed by atoms with Crippen LogP contribution in [0.4, 0.5) is 0 Å². The fourth-order valence-corrected chi connectivity index (χ4v) is 3.31. The van der Waals surface area contributed by atoms with Gasteiger partial charge in [0, 0.05) is 13.1 Å². The highest BCUT2D eigenvalue weighted by atomic mass is 32.2. The number of aromatic nitrogens is 2. The van der Waals surface area contributed by atoms with Crippen molar-refractivity contribution in [2.45, 2.75) is 30.2 Å². The van der Waals surface area contributed by atoms with Gasteiger partial charge in [0.15, 0.2) is 0 Å². The average molecular weight is 291 g/mol. The lowest BCUT2D eigenvalue weighted by Crippen LogP contribution is -2.22. The normalized spacial score (nSPS) is 14.1. The predicted octanol–water partition coefficient (Wildman–Crippen LogP) is 2.92. The topological polar surface area (TPSA) is 53.1 Å². The molecule has 1 aromatic carbocycles. The van der Waals surface area contributed by atoms with Gasteiger partial charge in [0.25, 0.3) is 0 Å². The maximum absolute atomic E-state index is 6.17. The number of rotatable bonds is 5. The molecule has 0 saturated carbocycles. The van der Waals surface area contributed by atoms with E-state index in [1.165, 1.54) is 5.56 Å². The summed E-state index contributed by atoms with van der Waals surface area (Å²) in [5.41, 5.74) is 8.36. The Morgan fingerprint density at radius 3 is 2.65 bits per heavy atom. The first-order chi connectivity index (χ1) is 9.51. The summed E-state index contributed by atoms with van der Waals surface area (Å²) in [6.45, 7) is 4.02. The third-order valence-corrected chi connectivity index (χ3v) is 4.69. The Hall–Kier alpha value is -1.46. The maximum atomic E-state index is 6.17. The van der Waals surface area contributed by atoms with E-state index in [0.29, 0.717) is 0 Å². The minimum Gasteiger partial charge on any atom is -0.497 e. The summed E-state index contributed by atoms with van der Waals surface area (Å²) in [6, 6.07) is 10.2. The molecule has 5 heteroatoms. The molecular formula is C15H21N3OS. The second kappa shape index (κ2) is 6.33. The van der Waals surface area contributed by atoms with E-state index in [2.05, 4.69) is 17.2 Å². The summed E-state index contributed by atoms with van der Waals surface area (Å²) >= 11 is 1.74. The van der Waals surface area contributed by atoms with Gasteiger partial charge in [0.2, 0.25) is 0 Å². The first kappa shape index (κ1) is 14.9. The van der Waals surface area contributed by atoms with Crippen molar-refractivity contribution in [3.63, 3.8) is 0 Å². The zero-order valence-electron chi connectivity index (χ0n) is 12.3. The van der Waals surface area contributed by atoms with E-state index < -0.39 is 0 Å². The molecule has 2 rings (SSSR count). The van der Waals surface area contributed by atoms with Crippen LogP contribution in [0.15, 0.2) is 35.4 Å². The van der Waals surface area contributed by atoms with Gasteiger partial charge in [0.05, 0.1) is 23.1 Å². The summed E-state index contributed by atoms with van der Waals surface area (Å²) in [6.07, 6.45) is 0. The third kappa shape index (κ3) is 3.35. The third-order valence-electron chi connectivity index (χ3n) is 3.11. The van der Waals surface area contributed by atoms with Gasteiger partial charge in [-0.05, 0) is 37.6 Å². The molecule has 0 aliphatic rings. The van der Waals surface area contributed by atoms with Crippen LogP contribution < -0.4 is 10.5 Å². The van der Waals surface area contributed by atoms with E-state index in [1.807, 2.05) is 43.8 Å². The van der Waals surface area contributed by atoms with Crippen molar-refractivity contribution in [1.82, 2.24) is 9.78 Å². The number of methoxy groups -OCH3 is 1. The molecule has 0 spiro atoms. The number of benzene rings is 1. The summed E-state index contributed by atoms with van der Waals surface area (Å²) in [5, 5.41) is 5.67. The lowest BCUT2D eigenvalue weighted by molar-refractivity contribution is 0.414. The van der Waals surface area contributed by atoms with E-state index >= 15 is 0 Å². The molecular weight excluding hydrogens is 270 g/mol. The number of ether oxygens (including phenoxy) is 1. The first-order valence-corrected chi connectivity index (χ1v) is 7.46. The van der Waals surface area contributed by atoms with Crippen molar-refractivity contribution in [3.05, 3.63) is 41.6 Å². The van der Waals surface area contributed by atoms with Crippen molar-refractivity contribution >= 4 is 11.8 Å². The summed E-state index contributed by atoms with van der Waals surface area (Å²) in [4.78, 5) is 0. The maximum Gasteiger partial charge on any atom is 0.119 e. The predicted molar refractivity (Wildman–Crippen MR) is 83.2 cm³/mol. The fraction of sp³-hybridized carbons (Fsp3) is 0.400. The van der Waals surface area contributed by atoms with Crippen LogP contribution in [0.3, 0.4) is 0 Å². The van der Waals surface area contributed by atoms with E-state index in [1.54, 1.807) is 18.9 Å². The molecule has 0 radical (unpaired) electrons. The molecule has 0 aliphatic heterocycles. The molecule has 1 aromatic heterocycles. The van der Waals surface area contributed by atoms with Gasteiger partial charge in [-0.25, -0.2) is 0 Å². The Morgan fingerprint density at radius 1 is 1.35 bits per heavy atom. The zero-order chi connectivity index (χ0) is 14.7. The summed E-state index contributed by atoms with van der Waals surface area (Å²) in [7, 11) is 3.64. The Balaban J connectivity index is 2.29. The zero-order valence-corrected chi connectivity index (χ0v) is 13.1. The number of hydrogen-bond donors (Lipinski definition) is 1. The van der Waals surface area contributed by atoms with Crippen LogP contribution in [0.2, 0.25) is 0 Å². The van der Waals surface area contributed by atoms with Crippen molar-refractivity contribution in [2.75, 3.05) is 7.11 Å². The highest BCUT2D eigenvalue weighted by Gasteiger charge is 2.20. The standard InChI is InChI=1S/C15H21N3OS/c1-10-8-14(18(3)17-10)20-15(11(2)16)12-6-5-7-13(9-12)19-4/h5-9,11,15H,16H2,1-4H3. The lowest BCUT2D eigenvalue weighted by Gasteiger charge is -2.21. The highest BCUT2D eigenvalue weighted by Crippen LogP contribution is 2.38. The van der Waals surface area contributed by atoms with Gasteiger partial charge < -0.3 is 10.5 Å². The van der Waals surface area contributed by atoms with Gasteiger partial charge in [-0.2, -0.15) is 5.10 Å². The number of nitrogens with zero attached hydrogens (tertiary/aromatic N) is 2. The van der Waals surface area contributed by atoms with Gasteiger partial charge in [-0.1, -0.05) is 23.9 Å². The Morgan fingerprint density at radius 2 is 2.10 bits per heavy atom. The van der Waals surface area contributed by atoms with Crippen LogP contribution in [0, 0.1) is 6.92 Å². The fourth-order valence-electron chi connectivity index (χ4n) is 2.12. The second-order valence-corrected chi connectivity index (χ2v) is 6.08. The molecule has 0 saturated heterocycles. The Bertz CT molecular complexity index is 580. The molecule has 2 atom stereocenters. The molecule has 108 valence electrons. The molecule has 1 heterocycles. The monoisotopic (exact) mass is 291 g/mol. The second-order valence-electron chi connectivity index (χ2n) is 4.92. The lowest BCUT2D eigenvalue weighted by atomic mass is 10.1. The quantitative estimate of drug-likeness (QED) is 0.861. The Labute approximate surface area is 124 Å². The number of nitrogens with two attached hydrogens (primary N) is 1. The minimum atomic E-state index is 0.0299. The largest absolute Gasteiger partial charge is 0.497 e. The first-order valence-electron chi connectivity index (χ1n) is 6.58. The molecule has 0 bridgehead atoms. The van der Waals surface area contributed by atoms with Gasteiger partial charge in [-0.3, -0.25) is 4.68 Å². The van der Waals surface area contributed by atoms with E-state index in [9.17, 15) is 0 Å². The SMILES string of the molecule is COc1cccc(C(Sc2cc(C)nn2C)C(C)N)c1. The molecule has 2 aromatic rings. The summed E-state index contributed by atoms with van der Waals surface area (Å²) in [5.74, 6) is 0.856. The molecule has 0 fully saturated rings. The van der Waals surface area contributed by atoms with Gasteiger partial charge in [-0.15, -0.1) is 0 Å². The molecule has 20 heavy (non-hydrogen) atoms. The molecule has 0 amide bonds. The Kier molecular flexibility index (Phi) is 4.73. The van der Waals surface area contributed by atoms with E-state index in [4.69, 9.17) is 10.5 Å². The summed E-state index contributed by atoms with van der Waals surface area (Å²) < 4.78 is 7.19. The van der Waals surface area contributed by atoms with Crippen molar-refractivity contribution in [3.8, 4) is 5.75 Å². The molecule has 0 aliphatic carbocycles. The van der Waals surface area contributed by atoms with Crippen molar-refractivity contribution < 1.29 is 4.74 Å². The van der Waals surface area contributed by atoms with Crippen LogP contribution in [0.25, 0.3) is 0 Å². The van der Waals surface area contributed by atoms with E-state index in [0.717, 1.165) is 16.5 Å². The van der Waals surface area contributed by atoms with Crippen LogP contribution in [-0.4, -0.2) is 22.9 Å². The molecule has 2 unspecified atom stereocenters. The van der Waals surface area contributed by atoms with E-state index in [-0.39, 0.29) is 11.3 Å². The van der Waals surface area contributed by atoms with Crippen LogP contribution in [-0.2, 0) is 7.05 Å². The minimum absolute atomic E-state index is 0.0299. The number of thioether (sulfide) groups is 1. The van der Waals surface area contributed by atoms with Gasteiger partial charge in [0.1, 0.15) is 5.75 Å². The van der Waals surface area contributed by atoms with Crippen LogP contribution >= 0.6 is 11.8 Å². The van der Waals surface area contributed by atoms with Crippen molar-refractivity contribution in [1.29, 1.82) is 0 Å². The van der Waals surface area contributed by atoms with Crippen LogP contribution in [0.1, 0.15) is 23.4 Å². The average Bonchev–Trinajstić information content (AvgIpc) is 2.74. The highest BCUT2D eigenvalue weighted by molar-refractivity contribution is 7.99. The van der Waals surface area contributed by atoms with Crippen molar-refractivity contribution in [2.24, 2.45) is 12.8 Å². The number of aryl methyl sites for hydroxylation is 2.